The van der Waals surface area contributed by atoms with Crippen LogP contribution in [0.25, 0.3) is 10.9 Å². The van der Waals surface area contributed by atoms with Crippen LogP contribution in [0.1, 0.15) is 49.4 Å². The van der Waals surface area contributed by atoms with Gasteiger partial charge in [0.1, 0.15) is 6.54 Å². The Morgan fingerprint density at radius 3 is 2.68 bits per heavy atom. The minimum absolute atomic E-state index is 0.0307. The van der Waals surface area contributed by atoms with Crippen LogP contribution in [0.2, 0.25) is 0 Å². The molecule has 4 heteroatoms. The van der Waals surface area contributed by atoms with E-state index >= 15 is 0 Å². The highest BCUT2D eigenvalue weighted by Crippen LogP contribution is 2.23. The van der Waals surface area contributed by atoms with Crippen molar-refractivity contribution in [3.63, 3.8) is 0 Å². The summed E-state index contributed by atoms with van der Waals surface area (Å²) in [5.41, 5.74) is 1.66. The Morgan fingerprint density at radius 1 is 1.23 bits per heavy atom. The Hall–Kier alpha value is -2.10. The molecule has 1 aliphatic rings. The van der Waals surface area contributed by atoms with E-state index in [2.05, 4.69) is 5.32 Å². The molecule has 0 spiro atoms. The lowest BCUT2D eigenvalue weighted by molar-refractivity contribution is -0.122. The molecule has 0 atom stereocenters. The molecule has 1 aromatic heterocycles. The molecule has 1 N–H and O–H groups in total. The third kappa shape index (κ3) is 2.91. The zero-order chi connectivity index (χ0) is 15.5. The Labute approximate surface area is 130 Å². The molecule has 1 heterocycles. The lowest BCUT2D eigenvalue weighted by Gasteiger charge is -2.12. The van der Waals surface area contributed by atoms with Crippen LogP contribution in [0.15, 0.2) is 30.5 Å². The van der Waals surface area contributed by atoms with Crippen LogP contribution in [0, 0.1) is 0 Å². The van der Waals surface area contributed by atoms with E-state index in [-0.39, 0.29) is 18.2 Å². The van der Waals surface area contributed by atoms with Crippen molar-refractivity contribution in [3.05, 3.63) is 36.0 Å². The summed E-state index contributed by atoms with van der Waals surface area (Å²) < 4.78 is 1.89. The van der Waals surface area contributed by atoms with Crippen molar-refractivity contribution in [2.75, 3.05) is 0 Å². The van der Waals surface area contributed by atoms with E-state index < -0.39 is 0 Å². The second-order valence-corrected chi connectivity index (χ2v) is 6.01. The van der Waals surface area contributed by atoms with Crippen LogP contribution < -0.4 is 5.32 Å². The quantitative estimate of drug-likeness (QED) is 0.861. The number of carbonyl (C=O) groups is 2. The summed E-state index contributed by atoms with van der Waals surface area (Å²) in [6.07, 6.45) is 6.86. The highest BCUT2D eigenvalue weighted by Gasteiger charge is 2.19. The zero-order valence-corrected chi connectivity index (χ0v) is 13.0. The van der Waals surface area contributed by atoms with Gasteiger partial charge in [0.2, 0.25) is 5.91 Å². The van der Waals surface area contributed by atoms with E-state index in [1.807, 2.05) is 42.0 Å². The van der Waals surface area contributed by atoms with Crippen LogP contribution in [0.3, 0.4) is 0 Å². The number of carbonyl (C=O) groups excluding carboxylic acids is 2. The fraction of sp³-hybridized carbons (Fsp3) is 0.444. The number of hydrogen-bond donors (Lipinski definition) is 1. The Kier molecular flexibility index (Phi) is 4.27. The molecular weight excluding hydrogens is 276 g/mol. The highest BCUT2D eigenvalue weighted by molar-refractivity contribution is 6.08. The van der Waals surface area contributed by atoms with Crippen molar-refractivity contribution in [1.82, 2.24) is 9.88 Å². The van der Waals surface area contributed by atoms with E-state index in [1.54, 1.807) is 0 Å². The number of ketones is 1. The summed E-state index contributed by atoms with van der Waals surface area (Å²) >= 11 is 0. The number of aromatic nitrogens is 1. The third-order valence-corrected chi connectivity index (χ3v) is 4.44. The normalized spacial score (nSPS) is 15.3. The summed E-state index contributed by atoms with van der Waals surface area (Å²) in [6, 6.07) is 8.10. The van der Waals surface area contributed by atoms with Gasteiger partial charge in [-0.2, -0.15) is 0 Å². The van der Waals surface area contributed by atoms with Gasteiger partial charge < -0.3 is 9.88 Å². The number of para-hydroxylation sites is 1. The lowest BCUT2D eigenvalue weighted by Crippen LogP contribution is -2.35. The van der Waals surface area contributed by atoms with Crippen molar-refractivity contribution >= 4 is 22.6 Å². The number of Topliss-reactive ketones (excluding diaryl/α,β-unsaturated/α-hetero) is 1. The molecule has 1 aromatic carbocycles. The molecule has 0 unspecified atom stereocenters. The van der Waals surface area contributed by atoms with Gasteiger partial charge in [0.05, 0.1) is 0 Å². The maximum absolute atomic E-state index is 12.2. The average molecular weight is 298 g/mol. The van der Waals surface area contributed by atoms with Gasteiger partial charge in [-0.15, -0.1) is 0 Å². The van der Waals surface area contributed by atoms with Crippen molar-refractivity contribution in [1.29, 1.82) is 0 Å². The Balaban J connectivity index is 1.83. The maximum Gasteiger partial charge on any atom is 0.240 e. The Morgan fingerprint density at radius 2 is 1.95 bits per heavy atom. The maximum atomic E-state index is 12.2. The van der Waals surface area contributed by atoms with Crippen molar-refractivity contribution in [3.8, 4) is 0 Å². The minimum Gasteiger partial charge on any atom is -0.352 e. The summed E-state index contributed by atoms with van der Waals surface area (Å²) in [7, 11) is 0. The predicted molar refractivity (Wildman–Crippen MR) is 87.0 cm³/mol. The number of amides is 1. The van der Waals surface area contributed by atoms with Crippen LogP contribution in [-0.4, -0.2) is 22.3 Å². The molecule has 3 rings (SSSR count). The third-order valence-electron chi connectivity index (χ3n) is 4.44. The van der Waals surface area contributed by atoms with Crippen molar-refractivity contribution in [2.24, 2.45) is 0 Å². The standard InChI is InChI=1S/C18H22N2O2/c1-2-17(21)15-11-20(16-10-6-5-9-14(15)16)12-18(22)19-13-7-3-4-8-13/h5-6,9-11,13H,2-4,7-8,12H2,1H3,(H,19,22). The van der Waals surface area contributed by atoms with E-state index in [4.69, 9.17) is 0 Å². The molecule has 1 amide bonds. The fourth-order valence-electron chi connectivity index (χ4n) is 3.29. The fourth-order valence-corrected chi connectivity index (χ4v) is 3.29. The van der Waals surface area contributed by atoms with Gasteiger partial charge in [-0.25, -0.2) is 0 Å². The first-order valence-corrected chi connectivity index (χ1v) is 8.09. The molecule has 0 bridgehead atoms. The largest absolute Gasteiger partial charge is 0.352 e. The predicted octanol–water partition coefficient (Wildman–Crippen LogP) is 3.29. The summed E-state index contributed by atoms with van der Waals surface area (Å²) in [5, 5.41) is 4.03. The number of nitrogens with one attached hydrogen (secondary N) is 1. The number of hydrogen-bond acceptors (Lipinski definition) is 2. The molecule has 2 aromatic rings. The van der Waals surface area contributed by atoms with Crippen LogP contribution in [0.4, 0.5) is 0 Å². The summed E-state index contributed by atoms with van der Waals surface area (Å²) in [4.78, 5) is 24.3. The summed E-state index contributed by atoms with van der Waals surface area (Å²) in [5.74, 6) is 0.148. The molecule has 22 heavy (non-hydrogen) atoms. The SMILES string of the molecule is CCC(=O)c1cn(CC(=O)NC2CCCC2)c2ccccc12. The zero-order valence-electron chi connectivity index (χ0n) is 13.0. The van der Waals surface area contributed by atoms with Gasteiger partial charge in [0.25, 0.3) is 0 Å². The lowest BCUT2D eigenvalue weighted by atomic mass is 10.1. The van der Waals surface area contributed by atoms with Gasteiger partial charge in [-0.1, -0.05) is 38.0 Å². The second-order valence-electron chi connectivity index (χ2n) is 6.01. The highest BCUT2D eigenvalue weighted by atomic mass is 16.2. The van der Waals surface area contributed by atoms with E-state index in [1.165, 1.54) is 12.8 Å². The topological polar surface area (TPSA) is 51.1 Å². The molecule has 4 nitrogen and oxygen atoms in total. The van der Waals surface area contributed by atoms with Gasteiger partial charge in [0, 0.05) is 35.1 Å². The van der Waals surface area contributed by atoms with Crippen LogP contribution in [0.5, 0.6) is 0 Å². The van der Waals surface area contributed by atoms with Gasteiger partial charge in [-0.3, -0.25) is 9.59 Å². The van der Waals surface area contributed by atoms with Gasteiger partial charge in [0.15, 0.2) is 5.78 Å². The van der Waals surface area contributed by atoms with Crippen LogP contribution in [-0.2, 0) is 11.3 Å². The molecule has 1 aliphatic carbocycles. The molecule has 0 aliphatic heterocycles. The first-order chi connectivity index (χ1) is 10.7. The first-order valence-electron chi connectivity index (χ1n) is 8.09. The smallest absolute Gasteiger partial charge is 0.240 e. The van der Waals surface area contributed by atoms with E-state index in [0.29, 0.717) is 18.0 Å². The molecule has 0 saturated heterocycles. The molecule has 1 fully saturated rings. The van der Waals surface area contributed by atoms with Crippen LogP contribution >= 0.6 is 0 Å². The van der Waals surface area contributed by atoms with E-state index in [0.717, 1.165) is 23.7 Å². The molecule has 116 valence electrons. The van der Waals surface area contributed by atoms with E-state index in [9.17, 15) is 9.59 Å². The molecular formula is C18H22N2O2. The minimum atomic E-state index is 0.0307. The molecule has 1 saturated carbocycles. The molecule has 0 radical (unpaired) electrons. The number of rotatable bonds is 5. The Bertz CT molecular complexity index is 696. The number of benzene rings is 1. The monoisotopic (exact) mass is 298 g/mol. The van der Waals surface area contributed by atoms with Crippen molar-refractivity contribution in [2.45, 2.75) is 51.6 Å². The number of nitrogens with zero attached hydrogens (tertiary/aromatic N) is 1. The average Bonchev–Trinajstić information content (AvgIpc) is 3.15. The van der Waals surface area contributed by atoms with Crippen molar-refractivity contribution < 1.29 is 9.59 Å². The summed E-state index contributed by atoms with van der Waals surface area (Å²) in [6.45, 7) is 2.13. The van der Waals surface area contributed by atoms with Gasteiger partial charge in [-0.05, 0) is 18.9 Å². The number of fused-ring (bicyclic) bond motifs is 1. The second kappa shape index (κ2) is 6.34. The van der Waals surface area contributed by atoms with Gasteiger partial charge >= 0.3 is 0 Å². The first kappa shape index (κ1) is 14.8.